The van der Waals surface area contributed by atoms with Gasteiger partial charge < -0.3 is 4.90 Å². The lowest BCUT2D eigenvalue weighted by Crippen LogP contribution is -2.39. The third-order valence-corrected chi connectivity index (χ3v) is 5.58. The molecule has 0 aromatic carbocycles. The highest BCUT2D eigenvalue weighted by molar-refractivity contribution is 7.17. The van der Waals surface area contributed by atoms with Crippen LogP contribution in [0.4, 0.5) is 0 Å². The maximum atomic E-state index is 12.6. The van der Waals surface area contributed by atoms with Crippen LogP contribution < -0.4 is 0 Å². The quantitative estimate of drug-likeness (QED) is 0.838. The van der Waals surface area contributed by atoms with Crippen LogP contribution in [0.15, 0.2) is 16.8 Å². The van der Waals surface area contributed by atoms with Gasteiger partial charge in [0.2, 0.25) is 0 Å². The predicted molar refractivity (Wildman–Crippen MR) is 84.5 cm³/mol. The van der Waals surface area contributed by atoms with E-state index in [1.54, 1.807) is 11.3 Å². The number of carbonyl (C=O) groups excluding carboxylic acids is 1. The fraction of sp³-hybridized carbons (Fsp3) is 0.467. The molecule has 20 heavy (non-hydrogen) atoms. The maximum absolute atomic E-state index is 12.6. The van der Waals surface area contributed by atoms with Gasteiger partial charge in [0, 0.05) is 24.0 Å². The van der Waals surface area contributed by atoms with Crippen LogP contribution in [-0.4, -0.2) is 28.9 Å². The van der Waals surface area contributed by atoms with Crippen molar-refractivity contribution in [3.63, 3.8) is 0 Å². The number of aryl methyl sites for hydroxylation is 1. The first-order valence-electron chi connectivity index (χ1n) is 6.94. The molecular weight excluding hydrogens is 288 g/mol. The Bertz CT molecular complexity index is 603. The summed E-state index contributed by atoms with van der Waals surface area (Å²) in [4.78, 5) is 20.0. The lowest BCUT2D eigenvalue weighted by molar-refractivity contribution is 0.0687. The Balaban J connectivity index is 1.85. The number of thiophene rings is 1. The summed E-state index contributed by atoms with van der Waals surface area (Å²) in [6.07, 6.45) is 2.34. The van der Waals surface area contributed by atoms with Gasteiger partial charge in [-0.2, -0.15) is 11.3 Å². The summed E-state index contributed by atoms with van der Waals surface area (Å²) in [7, 11) is 0. The number of aromatic nitrogens is 1. The second-order valence-corrected chi connectivity index (χ2v) is 7.22. The molecule has 1 fully saturated rings. The van der Waals surface area contributed by atoms with Crippen LogP contribution in [0.5, 0.6) is 0 Å². The van der Waals surface area contributed by atoms with Crippen molar-refractivity contribution in [1.82, 2.24) is 9.88 Å². The Hall–Kier alpha value is -1.20. The zero-order chi connectivity index (χ0) is 14.1. The van der Waals surface area contributed by atoms with E-state index in [-0.39, 0.29) is 5.91 Å². The fourth-order valence-electron chi connectivity index (χ4n) is 2.62. The molecule has 2 aromatic heterocycles. The Morgan fingerprint density at radius 3 is 3.05 bits per heavy atom. The van der Waals surface area contributed by atoms with Gasteiger partial charge in [-0.3, -0.25) is 4.79 Å². The van der Waals surface area contributed by atoms with Crippen molar-refractivity contribution in [3.05, 3.63) is 27.4 Å². The molecule has 5 heteroatoms. The Labute approximate surface area is 127 Å². The summed E-state index contributed by atoms with van der Waals surface area (Å²) in [5, 5.41) is 5.08. The lowest BCUT2D eigenvalue weighted by Gasteiger charge is -2.30. The van der Waals surface area contributed by atoms with Crippen LogP contribution in [0, 0.1) is 12.8 Å². The molecular formula is C15H18N2OS2. The van der Waals surface area contributed by atoms with Crippen LogP contribution in [0.25, 0.3) is 10.6 Å². The van der Waals surface area contributed by atoms with E-state index in [0.717, 1.165) is 40.7 Å². The summed E-state index contributed by atoms with van der Waals surface area (Å²) >= 11 is 3.18. The highest BCUT2D eigenvalue weighted by Crippen LogP contribution is 2.31. The average molecular weight is 306 g/mol. The van der Waals surface area contributed by atoms with E-state index in [2.05, 4.69) is 23.4 Å². The van der Waals surface area contributed by atoms with E-state index >= 15 is 0 Å². The highest BCUT2D eigenvalue weighted by atomic mass is 32.1. The Kier molecular flexibility index (Phi) is 3.89. The fourth-order valence-corrected chi connectivity index (χ4v) is 4.37. The van der Waals surface area contributed by atoms with Crippen molar-refractivity contribution in [3.8, 4) is 10.6 Å². The van der Waals surface area contributed by atoms with Crippen molar-refractivity contribution in [2.24, 2.45) is 5.92 Å². The molecule has 1 atom stereocenters. The SMILES string of the molecule is Cc1nc(-c2ccsc2)sc1C(=O)N1CCC[C@@H](C)C1. The molecule has 3 rings (SSSR count). The van der Waals surface area contributed by atoms with Gasteiger partial charge in [-0.25, -0.2) is 4.98 Å². The Morgan fingerprint density at radius 2 is 2.35 bits per heavy atom. The topological polar surface area (TPSA) is 33.2 Å². The summed E-state index contributed by atoms with van der Waals surface area (Å²) in [5.41, 5.74) is 1.98. The van der Waals surface area contributed by atoms with Crippen molar-refractivity contribution in [2.75, 3.05) is 13.1 Å². The Morgan fingerprint density at radius 1 is 1.50 bits per heavy atom. The largest absolute Gasteiger partial charge is 0.338 e. The number of likely N-dealkylation sites (tertiary alicyclic amines) is 1. The number of rotatable bonds is 2. The zero-order valence-electron chi connectivity index (χ0n) is 11.8. The van der Waals surface area contributed by atoms with Gasteiger partial charge in [0.05, 0.1) is 5.69 Å². The summed E-state index contributed by atoms with van der Waals surface area (Å²) in [5.74, 6) is 0.769. The monoisotopic (exact) mass is 306 g/mol. The van der Waals surface area contributed by atoms with E-state index < -0.39 is 0 Å². The average Bonchev–Trinajstić information content (AvgIpc) is 3.07. The first-order valence-corrected chi connectivity index (χ1v) is 8.70. The maximum Gasteiger partial charge on any atom is 0.265 e. The van der Waals surface area contributed by atoms with E-state index in [1.807, 2.05) is 17.2 Å². The molecule has 0 N–H and O–H groups in total. The van der Waals surface area contributed by atoms with E-state index in [0.29, 0.717) is 5.92 Å². The molecule has 0 bridgehead atoms. The first-order chi connectivity index (χ1) is 9.65. The second-order valence-electron chi connectivity index (χ2n) is 5.44. The van der Waals surface area contributed by atoms with Gasteiger partial charge in [0.1, 0.15) is 9.88 Å². The molecule has 3 heterocycles. The molecule has 0 radical (unpaired) electrons. The molecule has 0 unspecified atom stereocenters. The first kappa shape index (κ1) is 13.8. The molecule has 3 nitrogen and oxygen atoms in total. The summed E-state index contributed by atoms with van der Waals surface area (Å²) < 4.78 is 0. The summed E-state index contributed by atoms with van der Waals surface area (Å²) in [6.45, 7) is 5.92. The van der Waals surface area contributed by atoms with Gasteiger partial charge >= 0.3 is 0 Å². The van der Waals surface area contributed by atoms with Crippen LogP contribution >= 0.6 is 22.7 Å². The van der Waals surface area contributed by atoms with Crippen LogP contribution in [0.1, 0.15) is 35.1 Å². The van der Waals surface area contributed by atoms with E-state index in [4.69, 9.17) is 0 Å². The van der Waals surface area contributed by atoms with Crippen molar-refractivity contribution in [1.29, 1.82) is 0 Å². The third-order valence-electron chi connectivity index (χ3n) is 3.70. The molecule has 1 saturated heterocycles. The van der Waals surface area contributed by atoms with Gasteiger partial charge in [-0.1, -0.05) is 6.92 Å². The molecule has 0 saturated carbocycles. The number of carbonyl (C=O) groups is 1. The van der Waals surface area contributed by atoms with E-state index in [1.165, 1.54) is 17.8 Å². The minimum absolute atomic E-state index is 0.160. The predicted octanol–water partition coefficient (Wildman–Crippen LogP) is 4.05. The van der Waals surface area contributed by atoms with E-state index in [9.17, 15) is 4.79 Å². The van der Waals surface area contributed by atoms with Crippen LogP contribution in [0.2, 0.25) is 0 Å². The number of nitrogens with zero attached hydrogens (tertiary/aromatic N) is 2. The standard InChI is InChI=1S/C15H18N2OS2/c1-10-4-3-6-17(8-10)15(18)13-11(2)16-14(20-13)12-5-7-19-9-12/h5,7,9-10H,3-4,6,8H2,1-2H3/t10-/m1/s1. The normalized spacial score (nSPS) is 19.3. The molecule has 1 aliphatic rings. The number of hydrogen-bond donors (Lipinski definition) is 0. The second kappa shape index (κ2) is 5.66. The molecule has 0 aliphatic carbocycles. The third kappa shape index (κ3) is 2.65. The molecule has 1 aliphatic heterocycles. The number of hydrogen-bond acceptors (Lipinski definition) is 4. The van der Waals surface area contributed by atoms with Crippen molar-refractivity contribution >= 4 is 28.6 Å². The van der Waals surface area contributed by atoms with Gasteiger partial charge in [-0.15, -0.1) is 11.3 Å². The summed E-state index contributed by atoms with van der Waals surface area (Å²) in [6, 6.07) is 2.06. The van der Waals surface area contributed by atoms with Gasteiger partial charge in [0.25, 0.3) is 5.91 Å². The minimum Gasteiger partial charge on any atom is -0.338 e. The minimum atomic E-state index is 0.160. The number of amides is 1. The molecule has 106 valence electrons. The smallest absolute Gasteiger partial charge is 0.265 e. The van der Waals surface area contributed by atoms with Crippen LogP contribution in [-0.2, 0) is 0 Å². The highest BCUT2D eigenvalue weighted by Gasteiger charge is 2.25. The molecule has 1 amide bonds. The van der Waals surface area contributed by atoms with Crippen LogP contribution in [0.3, 0.4) is 0 Å². The zero-order valence-corrected chi connectivity index (χ0v) is 13.4. The van der Waals surface area contributed by atoms with Gasteiger partial charge in [0.15, 0.2) is 0 Å². The molecule has 0 spiro atoms. The number of piperidine rings is 1. The molecule has 2 aromatic rings. The van der Waals surface area contributed by atoms with Gasteiger partial charge in [-0.05, 0) is 37.1 Å². The van der Waals surface area contributed by atoms with Crippen molar-refractivity contribution in [2.45, 2.75) is 26.7 Å². The lowest BCUT2D eigenvalue weighted by atomic mass is 10.0. The van der Waals surface area contributed by atoms with Crippen molar-refractivity contribution < 1.29 is 4.79 Å². The number of thiazole rings is 1.